The lowest BCUT2D eigenvalue weighted by molar-refractivity contribution is 0.101. The fourth-order valence-corrected chi connectivity index (χ4v) is 2.10. The van der Waals surface area contributed by atoms with E-state index in [-0.39, 0.29) is 5.78 Å². The van der Waals surface area contributed by atoms with E-state index in [1.165, 1.54) is 21.1 Å². The second-order valence-corrected chi connectivity index (χ2v) is 3.78. The molecule has 17 heavy (non-hydrogen) atoms. The fraction of sp³-hybridized carbons (Fsp3) is 0.462. The molecule has 0 spiro atoms. The predicted octanol–water partition coefficient (Wildman–Crippen LogP) is 2.53. The van der Waals surface area contributed by atoms with Gasteiger partial charge in [0, 0.05) is 11.1 Å². The first-order chi connectivity index (χ1) is 7.99. The second-order valence-electron chi connectivity index (χ2n) is 3.78. The Labute approximate surface area is 101 Å². The van der Waals surface area contributed by atoms with Gasteiger partial charge in [-0.2, -0.15) is 0 Å². The van der Waals surface area contributed by atoms with Gasteiger partial charge in [-0.15, -0.1) is 0 Å². The zero-order valence-corrected chi connectivity index (χ0v) is 11.1. The van der Waals surface area contributed by atoms with Gasteiger partial charge in [-0.25, -0.2) is 0 Å². The highest BCUT2D eigenvalue weighted by molar-refractivity contribution is 6.01. The first kappa shape index (κ1) is 13.4. The highest BCUT2D eigenvalue weighted by Gasteiger charge is 2.24. The van der Waals surface area contributed by atoms with Crippen molar-refractivity contribution >= 4 is 5.78 Å². The molecule has 4 nitrogen and oxygen atoms in total. The molecule has 1 aromatic carbocycles. The van der Waals surface area contributed by atoms with Crippen LogP contribution in [-0.4, -0.2) is 27.1 Å². The lowest BCUT2D eigenvalue weighted by Gasteiger charge is -2.19. The van der Waals surface area contributed by atoms with E-state index < -0.39 is 0 Å². The Balaban J connectivity index is 3.74. The Morgan fingerprint density at radius 1 is 0.824 bits per heavy atom. The van der Waals surface area contributed by atoms with Crippen molar-refractivity contribution in [1.29, 1.82) is 0 Å². The van der Waals surface area contributed by atoms with E-state index in [0.717, 1.165) is 11.1 Å². The zero-order chi connectivity index (χ0) is 13.2. The molecule has 0 saturated heterocycles. The molecule has 0 unspecified atom stereocenters. The topological polar surface area (TPSA) is 44.8 Å². The summed E-state index contributed by atoms with van der Waals surface area (Å²) < 4.78 is 15.9. The van der Waals surface area contributed by atoms with Crippen molar-refractivity contribution in [3.8, 4) is 17.2 Å². The Hall–Kier alpha value is -1.71. The quantitative estimate of drug-likeness (QED) is 0.756. The van der Waals surface area contributed by atoms with Gasteiger partial charge in [-0.1, -0.05) is 0 Å². The van der Waals surface area contributed by atoms with E-state index in [4.69, 9.17) is 14.2 Å². The molecule has 0 aliphatic rings. The number of rotatable bonds is 4. The van der Waals surface area contributed by atoms with Crippen molar-refractivity contribution in [2.45, 2.75) is 20.8 Å². The Morgan fingerprint density at radius 2 is 1.18 bits per heavy atom. The van der Waals surface area contributed by atoms with E-state index in [1.807, 2.05) is 13.8 Å². The monoisotopic (exact) mass is 238 g/mol. The number of Topliss-reactive ketones (excluding diaryl/α,β-unsaturated/α-hetero) is 1. The van der Waals surface area contributed by atoms with Crippen molar-refractivity contribution in [3.63, 3.8) is 0 Å². The van der Waals surface area contributed by atoms with Crippen LogP contribution < -0.4 is 14.2 Å². The molecule has 0 amide bonds. The predicted molar refractivity (Wildman–Crippen MR) is 65.6 cm³/mol. The van der Waals surface area contributed by atoms with E-state index in [0.29, 0.717) is 22.8 Å². The number of hydrogen-bond acceptors (Lipinski definition) is 4. The first-order valence-electron chi connectivity index (χ1n) is 5.29. The van der Waals surface area contributed by atoms with Crippen LogP contribution in [0.25, 0.3) is 0 Å². The molecule has 0 radical (unpaired) electrons. The number of methoxy groups -OCH3 is 3. The molecular weight excluding hydrogens is 220 g/mol. The molecule has 0 aliphatic carbocycles. The average Bonchev–Trinajstić information content (AvgIpc) is 2.28. The minimum atomic E-state index is -0.0902. The summed E-state index contributed by atoms with van der Waals surface area (Å²) in [7, 11) is 4.65. The molecule has 0 bridgehead atoms. The average molecular weight is 238 g/mol. The number of carbonyl (C=O) groups excluding carboxylic acids is 1. The number of ether oxygens (including phenoxy) is 3. The van der Waals surface area contributed by atoms with Crippen LogP contribution in [0.15, 0.2) is 0 Å². The maximum atomic E-state index is 11.7. The molecule has 1 rings (SSSR count). The zero-order valence-electron chi connectivity index (χ0n) is 11.1. The van der Waals surface area contributed by atoms with Gasteiger partial charge in [0.05, 0.1) is 21.3 Å². The minimum Gasteiger partial charge on any atom is -0.496 e. The molecule has 0 fully saturated rings. The van der Waals surface area contributed by atoms with Gasteiger partial charge in [-0.3, -0.25) is 4.79 Å². The van der Waals surface area contributed by atoms with Gasteiger partial charge in [0.25, 0.3) is 0 Å². The fourth-order valence-electron chi connectivity index (χ4n) is 2.10. The van der Waals surface area contributed by atoms with Crippen LogP contribution in [0.1, 0.15) is 28.4 Å². The third-order valence-electron chi connectivity index (χ3n) is 2.78. The van der Waals surface area contributed by atoms with E-state index in [9.17, 15) is 4.79 Å². The van der Waals surface area contributed by atoms with Crippen molar-refractivity contribution in [2.24, 2.45) is 0 Å². The smallest absolute Gasteiger partial charge is 0.167 e. The third-order valence-corrected chi connectivity index (χ3v) is 2.78. The molecule has 1 aromatic rings. The van der Waals surface area contributed by atoms with Crippen molar-refractivity contribution in [3.05, 3.63) is 16.7 Å². The lowest BCUT2D eigenvalue weighted by Crippen LogP contribution is -2.07. The molecular formula is C13H18O4. The van der Waals surface area contributed by atoms with Crippen LogP contribution >= 0.6 is 0 Å². The van der Waals surface area contributed by atoms with Crippen LogP contribution in [0.5, 0.6) is 17.2 Å². The maximum Gasteiger partial charge on any atom is 0.167 e. The molecule has 0 aromatic heterocycles. The van der Waals surface area contributed by atoms with E-state index in [1.54, 1.807) is 7.11 Å². The summed E-state index contributed by atoms with van der Waals surface area (Å²) in [6.07, 6.45) is 0. The summed E-state index contributed by atoms with van der Waals surface area (Å²) in [5, 5.41) is 0. The molecule has 94 valence electrons. The van der Waals surface area contributed by atoms with Gasteiger partial charge in [0.1, 0.15) is 22.8 Å². The SMILES string of the molecule is COc1c(C)c(OC)c(C(C)=O)c(OC)c1C. The standard InChI is InChI=1S/C13H18O4/c1-7-11(15-4)8(2)13(17-6)10(9(3)14)12(7)16-5/h1-6H3. The van der Waals surface area contributed by atoms with E-state index >= 15 is 0 Å². The summed E-state index contributed by atoms with van der Waals surface area (Å²) in [4.78, 5) is 11.7. The largest absolute Gasteiger partial charge is 0.496 e. The lowest BCUT2D eigenvalue weighted by atomic mass is 9.99. The second kappa shape index (κ2) is 5.08. The van der Waals surface area contributed by atoms with Crippen molar-refractivity contribution in [2.75, 3.05) is 21.3 Å². The van der Waals surface area contributed by atoms with Crippen LogP contribution in [0, 0.1) is 13.8 Å². The molecule has 0 atom stereocenters. The summed E-state index contributed by atoms with van der Waals surface area (Å²) in [6, 6.07) is 0. The highest BCUT2D eigenvalue weighted by atomic mass is 16.5. The normalized spacial score (nSPS) is 10.0. The summed E-state index contributed by atoms with van der Waals surface area (Å²) >= 11 is 0. The number of carbonyl (C=O) groups is 1. The Bertz CT molecular complexity index is 418. The van der Waals surface area contributed by atoms with E-state index in [2.05, 4.69) is 0 Å². The molecule has 0 saturated carbocycles. The minimum absolute atomic E-state index is 0.0902. The van der Waals surface area contributed by atoms with Gasteiger partial charge in [-0.05, 0) is 20.8 Å². The molecule has 4 heteroatoms. The number of hydrogen-bond donors (Lipinski definition) is 0. The molecule has 0 N–H and O–H groups in total. The van der Waals surface area contributed by atoms with Crippen LogP contribution in [-0.2, 0) is 0 Å². The van der Waals surface area contributed by atoms with Gasteiger partial charge in [0.15, 0.2) is 5.78 Å². The number of benzene rings is 1. The van der Waals surface area contributed by atoms with Gasteiger partial charge in [0.2, 0.25) is 0 Å². The summed E-state index contributed by atoms with van der Waals surface area (Å²) in [5.74, 6) is 1.62. The Kier molecular flexibility index (Phi) is 3.99. The highest BCUT2D eigenvalue weighted by Crippen LogP contribution is 2.42. The molecule has 0 aliphatic heterocycles. The van der Waals surface area contributed by atoms with Crippen LogP contribution in [0.3, 0.4) is 0 Å². The Morgan fingerprint density at radius 3 is 1.41 bits per heavy atom. The third kappa shape index (κ3) is 2.07. The van der Waals surface area contributed by atoms with Gasteiger partial charge >= 0.3 is 0 Å². The number of ketones is 1. The summed E-state index contributed by atoms with van der Waals surface area (Å²) in [6.45, 7) is 5.21. The molecule has 0 heterocycles. The van der Waals surface area contributed by atoms with Crippen LogP contribution in [0.2, 0.25) is 0 Å². The van der Waals surface area contributed by atoms with Crippen LogP contribution in [0.4, 0.5) is 0 Å². The first-order valence-corrected chi connectivity index (χ1v) is 5.29. The van der Waals surface area contributed by atoms with Crippen molar-refractivity contribution < 1.29 is 19.0 Å². The van der Waals surface area contributed by atoms with Crippen molar-refractivity contribution in [1.82, 2.24) is 0 Å². The summed E-state index contributed by atoms with van der Waals surface area (Å²) in [5.41, 5.74) is 2.07. The van der Waals surface area contributed by atoms with Gasteiger partial charge < -0.3 is 14.2 Å². The maximum absolute atomic E-state index is 11.7.